The van der Waals surface area contributed by atoms with E-state index in [0.29, 0.717) is 5.02 Å². The normalized spacial score (nSPS) is 11.1. The van der Waals surface area contributed by atoms with Crippen LogP contribution < -0.4 is 0 Å². The Balaban J connectivity index is 2.58. The average molecular weight is 275 g/mol. The molecule has 0 saturated carbocycles. The molecule has 14 heavy (non-hydrogen) atoms. The molecule has 0 N–H and O–H groups in total. The van der Waals surface area contributed by atoms with Crippen molar-refractivity contribution < 1.29 is 4.42 Å². The number of aromatic nitrogens is 1. The van der Waals surface area contributed by atoms with Gasteiger partial charge in [0.15, 0.2) is 11.5 Å². The SMILES string of the molecule is CCCc1nc2cc(Cl)cc(Br)c2o1. The van der Waals surface area contributed by atoms with E-state index < -0.39 is 0 Å². The highest BCUT2D eigenvalue weighted by Gasteiger charge is 2.09. The Morgan fingerprint density at radius 2 is 2.29 bits per heavy atom. The Hall–Kier alpha value is -0.540. The van der Waals surface area contributed by atoms with Gasteiger partial charge in [0.1, 0.15) is 5.52 Å². The molecule has 2 rings (SSSR count). The zero-order valence-corrected chi connectivity index (χ0v) is 10.0. The standard InChI is InChI=1S/C10H9BrClNO/c1-2-3-9-13-8-5-6(12)4-7(11)10(8)14-9/h4-5H,2-3H2,1H3. The lowest BCUT2D eigenvalue weighted by molar-refractivity contribution is 0.524. The zero-order chi connectivity index (χ0) is 10.1. The maximum absolute atomic E-state index is 5.90. The molecule has 0 bridgehead atoms. The first-order chi connectivity index (χ1) is 6.70. The summed E-state index contributed by atoms with van der Waals surface area (Å²) in [4.78, 5) is 4.34. The summed E-state index contributed by atoms with van der Waals surface area (Å²) in [5.74, 6) is 0.769. The number of aryl methyl sites for hydroxylation is 1. The Kier molecular flexibility index (Phi) is 2.79. The van der Waals surface area contributed by atoms with Gasteiger partial charge in [0.05, 0.1) is 4.47 Å². The minimum absolute atomic E-state index is 0.667. The lowest BCUT2D eigenvalue weighted by atomic mass is 10.3. The predicted octanol–water partition coefficient (Wildman–Crippen LogP) is 4.20. The first kappa shape index (κ1) is 9.99. The lowest BCUT2D eigenvalue weighted by Gasteiger charge is -1.91. The van der Waals surface area contributed by atoms with Crippen LogP contribution in [0.2, 0.25) is 5.02 Å². The van der Waals surface area contributed by atoms with Gasteiger partial charge >= 0.3 is 0 Å². The van der Waals surface area contributed by atoms with E-state index >= 15 is 0 Å². The number of fused-ring (bicyclic) bond motifs is 1. The number of nitrogens with zero attached hydrogens (tertiary/aromatic N) is 1. The fourth-order valence-electron chi connectivity index (χ4n) is 1.33. The monoisotopic (exact) mass is 273 g/mol. The van der Waals surface area contributed by atoms with Crippen molar-refractivity contribution in [3.05, 3.63) is 27.5 Å². The second-order valence-corrected chi connectivity index (χ2v) is 4.38. The Morgan fingerprint density at radius 1 is 1.50 bits per heavy atom. The number of oxazole rings is 1. The first-order valence-electron chi connectivity index (χ1n) is 4.45. The maximum Gasteiger partial charge on any atom is 0.195 e. The van der Waals surface area contributed by atoms with E-state index in [-0.39, 0.29) is 0 Å². The number of hydrogen-bond donors (Lipinski definition) is 0. The summed E-state index contributed by atoms with van der Waals surface area (Å²) in [6, 6.07) is 3.62. The van der Waals surface area contributed by atoms with Gasteiger partial charge in [-0.1, -0.05) is 18.5 Å². The molecule has 0 amide bonds. The van der Waals surface area contributed by atoms with Crippen LogP contribution in [0.1, 0.15) is 19.2 Å². The summed E-state index contributed by atoms with van der Waals surface area (Å²) >= 11 is 9.29. The van der Waals surface area contributed by atoms with Crippen LogP contribution in [0.5, 0.6) is 0 Å². The van der Waals surface area contributed by atoms with Crippen molar-refractivity contribution in [1.29, 1.82) is 0 Å². The molecule has 0 aliphatic heterocycles. The van der Waals surface area contributed by atoms with Gasteiger partial charge in [0.25, 0.3) is 0 Å². The van der Waals surface area contributed by atoms with Gasteiger partial charge < -0.3 is 4.42 Å². The van der Waals surface area contributed by atoms with Crippen molar-refractivity contribution >= 4 is 38.6 Å². The van der Waals surface area contributed by atoms with Crippen molar-refractivity contribution in [2.24, 2.45) is 0 Å². The highest BCUT2D eigenvalue weighted by molar-refractivity contribution is 9.10. The van der Waals surface area contributed by atoms with Crippen molar-refractivity contribution in [2.45, 2.75) is 19.8 Å². The van der Waals surface area contributed by atoms with E-state index in [2.05, 4.69) is 27.8 Å². The molecule has 0 atom stereocenters. The number of benzene rings is 1. The molecule has 1 aromatic heterocycles. The van der Waals surface area contributed by atoms with Crippen LogP contribution in [0.4, 0.5) is 0 Å². The molecule has 0 spiro atoms. The lowest BCUT2D eigenvalue weighted by Crippen LogP contribution is -1.79. The molecular weight excluding hydrogens is 265 g/mol. The largest absolute Gasteiger partial charge is 0.440 e. The maximum atomic E-state index is 5.90. The van der Waals surface area contributed by atoms with Crippen molar-refractivity contribution in [3.63, 3.8) is 0 Å². The molecule has 4 heteroatoms. The van der Waals surface area contributed by atoms with E-state index in [4.69, 9.17) is 16.0 Å². The van der Waals surface area contributed by atoms with Crippen LogP contribution in [-0.4, -0.2) is 4.98 Å². The summed E-state index contributed by atoms with van der Waals surface area (Å²) in [7, 11) is 0. The summed E-state index contributed by atoms with van der Waals surface area (Å²) in [6.45, 7) is 2.09. The second-order valence-electron chi connectivity index (χ2n) is 3.09. The Bertz CT molecular complexity index is 466. The van der Waals surface area contributed by atoms with Gasteiger partial charge in [-0.2, -0.15) is 0 Å². The average Bonchev–Trinajstić information content (AvgIpc) is 2.48. The Labute approximate surface area is 95.4 Å². The molecule has 2 nitrogen and oxygen atoms in total. The Morgan fingerprint density at radius 3 is 3.00 bits per heavy atom. The molecule has 0 aliphatic carbocycles. The summed E-state index contributed by atoms with van der Waals surface area (Å²) < 4.78 is 6.43. The van der Waals surface area contributed by atoms with Crippen LogP contribution in [0.25, 0.3) is 11.1 Å². The summed E-state index contributed by atoms with van der Waals surface area (Å²) in [6.07, 6.45) is 1.89. The number of halogens is 2. The minimum Gasteiger partial charge on any atom is -0.440 e. The molecule has 0 saturated heterocycles. The number of hydrogen-bond acceptors (Lipinski definition) is 2. The van der Waals surface area contributed by atoms with Crippen molar-refractivity contribution in [2.75, 3.05) is 0 Å². The fourth-order valence-corrected chi connectivity index (χ4v) is 2.20. The van der Waals surface area contributed by atoms with Crippen LogP contribution in [-0.2, 0) is 6.42 Å². The van der Waals surface area contributed by atoms with Gasteiger partial charge in [0, 0.05) is 11.4 Å². The topological polar surface area (TPSA) is 26.0 Å². The quantitative estimate of drug-likeness (QED) is 0.820. The highest BCUT2D eigenvalue weighted by atomic mass is 79.9. The summed E-state index contributed by atoms with van der Waals surface area (Å²) in [5, 5.41) is 0.667. The molecule has 0 radical (unpaired) electrons. The summed E-state index contributed by atoms with van der Waals surface area (Å²) in [5.41, 5.74) is 1.59. The van der Waals surface area contributed by atoms with Gasteiger partial charge in [-0.25, -0.2) is 4.98 Å². The minimum atomic E-state index is 0.667. The van der Waals surface area contributed by atoms with E-state index in [1.54, 1.807) is 0 Å². The van der Waals surface area contributed by atoms with Crippen molar-refractivity contribution in [1.82, 2.24) is 4.98 Å². The van der Waals surface area contributed by atoms with E-state index in [0.717, 1.165) is 34.3 Å². The molecule has 1 heterocycles. The third-order valence-electron chi connectivity index (χ3n) is 1.92. The third kappa shape index (κ3) is 1.79. The van der Waals surface area contributed by atoms with Gasteiger partial charge in [0.2, 0.25) is 0 Å². The molecule has 2 aromatic rings. The van der Waals surface area contributed by atoms with Gasteiger partial charge in [-0.3, -0.25) is 0 Å². The van der Waals surface area contributed by atoms with Crippen LogP contribution in [0.15, 0.2) is 21.0 Å². The second kappa shape index (κ2) is 3.91. The van der Waals surface area contributed by atoms with Crippen LogP contribution >= 0.6 is 27.5 Å². The molecule has 74 valence electrons. The van der Waals surface area contributed by atoms with Crippen LogP contribution in [0.3, 0.4) is 0 Å². The van der Waals surface area contributed by atoms with Gasteiger partial charge in [-0.05, 0) is 34.5 Å². The molecule has 1 aromatic carbocycles. The van der Waals surface area contributed by atoms with E-state index in [1.807, 2.05) is 12.1 Å². The van der Waals surface area contributed by atoms with Crippen LogP contribution in [0, 0.1) is 0 Å². The highest BCUT2D eigenvalue weighted by Crippen LogP contribution is 2.28. The predicted molar refractivity (Wildman–Crippen MR) is 60.7 cm³/mol. The first-order valence-corrected chi connectivity index (χ1v) is 5.62. The molecule has 0 fully saturated rings. The molecule has 0 aliphatic rings. The fraction of sp³-hybridized carbons (Fsp3) is 0.300. The third-order valence-corrected chi connectivity index (χ3v) is 2.72. The zero-order valence-electron chi connectivity index (χ0n) is 7.68. The molecular formula is C10H9BrClNO. The van der Waals surface area contributed by atoms with Crippen molar-refractivity contribution in [3.8, 4) is 0 Å². The number of rotatable bonds is 2. The van der Waals surface area contributed by atoms with Gasteiger partial charge in [-0.15, -0.1) is 0 Å². The van der Waals surface area contributed by atoms with E-state index in [9.17, 15) is 0 Å². The molecule has 0 unspecified atom stereocenters. The smallest absolute Gasteiger partial charge is 0.195 e. The van der Waals surface area contributed by atoms with E-state index in [1.165, 1.54) is 0 Å².